The van der Waals surface area contributed by atoms with Crippen molar-refractivity contribution in [3.8, 4) is 28.6 Å². The number of aryl methyl sites for hydroxylation is 1. The first-order chi connectivity index (χ1) is 17.1. The molecule has 2 heterocycles. The molecule has 0 radical (unpaired) electrons. The Morgan fingerprint density at radius 1 is 1.14 bits per heavy atom. The highest BCUT2D eigenvalue weighted by Crippen LogP contribution is 2.35. The highest BCUT2D eigenvalue weighted by Gasteiger charge is 2.19. The minimum absolute atomic E-state index is 0.0405. The molecule has 184 valence electrons. The number of hydrogen-bond donors (Lipinski definition) is 0. The third-order valence-electron chi connectivity index (χ3n) is 5.23. The summed E-state index contributed by atoms with van der Waals surface area (Å²) in [5.74, 6) is 0.988. The molecule has 0 spiro atoms. The van der Waals surface area contributed by atoms with Crippen LogP contribution in [0.5, 0.6) is 5.75 Å². The van der Waals surface area contributed by atoms with Gasteiger partial charge in [0, 0.05) is 34.8 Å². The third-order valence-corrected chi connectivity index (χ3v) is 5.23. The fourth-order valence-corrected chi connectivity index (χ4v) is 3.82. The van der Waals surface area contributed by atoms with E-state index in [1.807, 2.05) is 58.9 Å². The zero-order chi connectivity index (χ0) is 25.9. The van der Waals surface area contributed by atoms with Crippen molar-refractivity contribution < 1.29 is 18.8 Å². The number of nitrogens with zero attached hydrogens (tertiary/aromatic N) is 4. The van der Waals surface area contributed by atoms with Gasteiger partial charge in [0.1, 0.15) is 11.4 Å². The number of carbonyl (C=O) groups is 1. The van der Waals surface area contributed by atoms with Crippen LogP contribution in [0.4, 0.5) is 5.69 Å². The zero-order valence-corrected chi connectivity index (χ0v) is 21.0. The number of esters is 1. The second-order valence-corrected chi connectivity index (χ2v) is 9.63. The Morgan fingerprint density at radius 3 is 2.67 bits per heavy atom. The van der Waals surface area contributed by atoms with Gasteiger partial charge < -0.3 is 14.0 Å². The van der Waals surface area contributed by atoms with Crippen LogP contribution in [0.2, 0.25) is 0 Å². The zero-order valence-electron chi connectivity index (χ0n) is 21.0. The first-order valence-corrected chi connectivity index (χ1v) is 11.8. The summed E-state index contributed by atoms with van der Waals surface area (Å²) in [5.41, 5.74) is 2.08. The van der Waals surface area contributed by atoms with Gasteiger partial charge in [0.15, 0.2) is 0 Å². The number of ether oxygens (including phenoxy) is 2. The normalized spacial score (nSPS) is 11.5. The topological polar surface area (TPSA) is 91.7 Å². The monoisotopic (exact) mass is 484 g/mol. The summed E-state index contributed by atoms with van der Waals surface area (Å²) >= 11 is 0. The predicted molar refractivity (Wildman–Crippen MR) is 137 cm³/mol. The van der Waals surface area contributed by atoms with E-state index in [1.165, 1.54) is 0 Å². The molecule has 8 heteroatoms. The van der Waals surface area contributed by atoms with Crippen LogP contribution >= 0.6 is 0 Å². The van der Waals surface area contributed by atoms with E-state index in [4.69, 9.17) is 20.6 Å². The van der Waals surface area contributed by atoms with Gasteiger partial charge in [-0.15, -0.1) is 0 Å². The van der Waals surface area contributed by atoms with Gasteiger partial charge in [-0.3, -0.25) is 9.78 Å². The maximum Gasteiger partial charge on any atom is 0.306 e. The summed E-state index contributed by atoms with van der Waals surface area (Å²) in [7, 11) is 0. The Balaban J connectivity index is 1.62. The Morgan fingerprint density at radius 2 is 1.94 bits per heavy atom. The molecule has 0 atom stereocenters. The summed E-state index contributed by atoms with van der Waals surface area (Å²) in [6.45, 7) is 16.9. The molecule has 4 rings (SSSR count). The lowest BCUT2D eigenvalue weighted by Gasteiger charge is -2.19. The highest BCUT2D eigenvalue weighted by molar-refractivity contribution is 5.96. The lowest BCUT2D eigenvalue weighted by Crippen LogP contribution is -2.24. The van der Waals surface area contributed by atoms with Gasteiger partial charge in [-0.05, 0) is 64.3 Å². The molecular formula is C28H28N4O4. The average molecular weight is 485 g/mol. The smallest absolute Gasteiger partial charge is 0.306 e. The van der Waals surface area contributed by atoms with Gasteiger partial charge >= 0.3 is 5.97 Å². The van der Waals surface area contributed by atoms with Crippen molar-refractivity contribution in [1.82, 2.24) is 15.1 Å². The van der Waals surface area contributed by atoms with Crippen LogP contribution < -0.4 is 4.74 Å². The summed E-state index contributed by atoms with van der Waals surface area (Å²) in [6.07, 6.45) is 2.37. The Kier molecular flexibility index (Phi) is 7.02. The molecule has 0 unspecified atom stereocenters. The van der Waals surface area contributed by atoms with E-state index in [9.17, 15) is 4.79 Å². The number of benzene rings is 2. The lowest BCUT2D eigenvalue weighted by molar-refractivity contribution is -0.154. The number of fused-ring (bicyclic) bond motifs is 1. The fraction of sp³-hybridized carbons (Fsp3) is 0.321. The molecule has 0 saturated carbocycles. The van der Waals surface area contributed by atoms with E-state index in [0.717, 1.165) is 22.0 Å². The number of pyridine rings is 1. The predicted octanol–water partition coefficient (Wildman–Crippen LogP) is 6.56. The first kappa shape index (κ1) is 24.9. The van der Waals surface area contributed by atoms with Crippen LogP contribution in [-0.4, -0.2) is 32.8 Å². The average Bonchev–Trinajstić information content (AvgIpc) is 3.31. The maximum atomic E-state index is 12.2. The van der Waals surface area contributed by atoms with E-state index in [2.05, 4.69) is 20.0 Å². The van der Waals surface area contributed by atoms with Crippen LogP contribution in [0, 0.1) is 6.57 Å². The van der Waals surface area contributed by atoms with Gasteiger partial charge in [0.05, 0.1) is 19.1 Å². The van der Waals surface area contributed by atoms with Gasteiger partial charge in [-0.2, -0.15) is 4.98 Å². The Labute approximate surface area is 210 Å². The Hall–Kier alpha value is -4.25. The lowest BCUT2D eigenvalue weighted by atomic mass is 10.0. The molecule has 8 nitrogen and oxygen atoms in total. The first-order valence-electron chi connectivity index (χ1n) is 11.8. The molecule has 0 saturated heterocycles. The second kappa shape index (κ2) is 10.2. The number of hydrogen-bond acceptors (Lipinski definition) is 7. The van der Waals surface area contributed by atoms with E-state index >= 15 is 0 Å². The van der Waals surface area contributed by atoms with Crippen molar-refractivity contribution in [2.24, 2.45) is 0 Å². The van der Waals surface area contributed by atoms with E-state index < -0.39 is 5.60 Å². The van der Waals surface area contributed by atoms with Crippen LogP contribution in [-0.2, 0) is 16.0 Å². The Bertz CT molecular complexity index is 1440. The minimum atomic E-state index is -0.524. The van der Waals surface area contributed by atoms with Crippen molar-refractivity contribution in [3.05, 3.63) is 65.8 Å². The van der Waals surface area contributed by atoms with E-state index in [-0.39, 0.29) is 18.5 Å². The molecule has 2 aromatic heterocycles. The molecule has 2 aromatic carbocycles. The SMILES string of the molecule is [C-]#[N+]c1cc(-c2nc(-c3cccc4c(CCC(=O)OC(C)(C)C)nccc34)no2)ccc1OC(C)C. The molecule has 36 heavy (non-hydrogen) atoms. The largest absolute Gasteiger partial charge is 0.502 e. The molecule has 0 aliphatic heterocycles. The molecular weight excluding hydrogens is 456 g/mol. The van der Waals surface area contributed by atoms with Gasteiger partial charge in [-0.25, -0.2) is 4.85 Å². The van der Waals surface area contributed by atoms with Crippen molar-refractivity contribution in [1.29, 1.82) is 0 Å². The van der Waals surface area contributed by atoms with Crippen molar-refractivity contribution in [3.63, 3.8) is 0 Å². The van der Waals surface area contributed by atoms with Crippen molar-refractivity contribution in [2.45, 2.75) is 59.2 Å². The van der Waals surface area contributed by atoms with Crippen molar-refractivity contribution >= 4 is 22.4 Å². The van der Waals surface area contributed by atoms with Crippen molar-refractivity contribution in [2.75, 3.05) is 0 Å². The summed E-state index contributed by atoms with van der Waals surface area (Å²) in [6, 6.07) is 12.9. The van der Waals surface area contributed by atoms with E-state index in [0.29, 0.717) is 35.1 Å². The van der Waals surface area contributed by atoms with Gasteiger partial charge in [-0.1, -0.05) is 23.4 Å². The minimum Gasteiger partial charge on any atom is -0.502 e. The molecule has 0 amide bonds. The van der Waals surface area contributed by atoms with Gasteiger partial charge in [0.2, 0.25) is 11.5 Å². The molecule has 0 fully saturated rings. The molecule has 0 aliphatic carbocycles. The molecule has 4 aromatic rings. The second-order valence-electron chi connectivity index (χ2n) is 9.63. The summed E-state index contributed by atoms with van der Waals surface area (Å²) in [5, 5.41) is 6.01. The maximum absolute atomic E-state index is 12.2. The number of carbonyl (C=O) groups excluding carboxylic acids is 1. The summed E-state index contributed by atoms with van der Waals surface area (Å²) in [4.78, 5) is 24.9. The number of rotatable bonds is 7. The standard InChI is InChI=1S/C28H28N4O4/c1-17(2)34-24-12-10-18(16-23(24)29-6)27-31-26(32-36-27)21-9-7-8-20-19(21)14-15-30-22(20)11-13-25(33)35-28(3,4)5/h7-10,12,14-17H,11,13H2,1-5H3. The van der Waals surface area contributed by atoms with Gasteiger partial charge in [0.25, 0.3) is 5.89 Å². The quantitative estimate of drug-likeness (QED) is 0.216. The van der Waals surface area contributed by atoms with E-state index in [1.54, 1.807) is 24.4 Å². The molecule has 0 N–H and O–H groups in total. The third kappa shape index (κ3) is 5.69. The van der Waals surface area contributed by atoms with Crippen LogP contribution in [0.1, 0.15) is 46.7 Å². The number of aromatic nitrogens is 3. The summed E-state index contributed by atoms with van der Waals surface area (Å²) < 4.78 is 16.7. The molecule has 0 bridgehead atoms. The van der Waals surface area contributed by atoms with Crippen LogP contribution in [0.3, 0.4) is 0 Å². The fourth-order valence-electron chi connectivity index (χ4n) is 3.82. The highest BCUT2D eigenvalue weighted by atomic mass is 16.6. The van der Waals surface area contributed by atoms with Crippen LogP contribution in [0.25, 0.3) is 38.5 Å². The van der Waals surface area contributed by atoms with Crippen LogP contribution in [0.15, 0.2) is 53.2 Å². The molecule has 0 aliphatic rings.